The van der Waals surface area contributed by atoms with E-state index in [1.54, 1.807) is 0 Å². The van der Waals surface area contributed by atoms with Crippen molar-refractivity contribution in [3.8, 4) is 5.69 Å². The highest BCUT2D eigenvalue weighted by Crippen LogP contribution is 2.33. The first-order valence-electron chi connectivity index (χ1n) is 8.59. The number of aromatic nitrogens is 1. The Morgan fingerprint density at radius 2 is 1.69 bits per heavy atom. The monoisotopic (exact) mass is 436 g/mol. The lowest BCUT2D eigenvalue weighted by molar-refractivity contribution is 0.0878. The van der Waals surface area contributed by atoms with E-state index in [0.717, 1.165) is 10.6 Å². The van der Waals surface area contributed by atoms with E-state index in [1.165, 1.54) is 12.1 Å². The number of rotatable bonds is 4. The highest BCUT2D eigenvalue weighted by Gasteiger charge is 2.32. The van der Waals surface area contributed by atoms with Gasteiger partial charge in [0.2, 0.25) is 0 Å². The fourth-order valence-corrected chi connectivity index (χ4v) is 3.55. The van der Waals surface area contributed by atoms with E-state index in [-0.39, 0.29) is 56.1 Å². The van der Waals surface area contributed by atoms with Gasteiger partial charge in [0.15, 0.2) is 5.78 Å². The van der Waals surface area contributed by atoms with Crippen molar-refractivity contribution >= 4 is 46.6 Å². The third-order valence-corrected chi connectivity index (χ3v) is 4.87. The van der Waals surface area contributed by atoms with Gasteiger partial charge >= 0.3 is 0 Å². The van der Waals surface area contributed by atoms with Gasteiger partial charge in [-0.2, -0.15) is 0 Å². The Labute approximate surface area is 176 Å². The van der Waals surface area contributed by atoms with Crippen LogP contribution in [0.15, 0.2) is 23.0 Å². The molecule has 10 heteroatoms. The maximum absolute atomic E-state index is 12.6. The molecule has 1 aliphatic rings. The molecule has 1 aromatic heterocycles. The number of nitrogens with one attached hydrogen (secondary N) is 2. The second-order valence-corrected chi connectivity index (χ2v) is 8.40. The minimum Gasteiger partial charge on any atom is -0.384 e. The Bertz CT molecular complexity index is 1110. The van der Waals surface area contributed by atoms with Gasteiger partial charge in [-0.3, -0.25) is 29.1 Å². The number of nitrogen functional groups attached to an aromatic ring is 1. The number of Topliss-reactive ketones (excluding diaryl/α,β-unsaturated/α-hetero) is 1. The number of imide groups is 1. The number of anilines is 1. The molecule has 8 nitrogen and oxygen atoms in total. The third kappa shape index (κ3) is 3.91. The molecular weight excluding hydrogens is 419 g/mol. The van der Waals surface area contributed by atoms with Crippen molar-refractivity contribution in [2.24, 2.45) is 0 Å². The smallest absolute Gasteiger partial charge is 0.262 e. The highest BCUT2D eigenvalue weighted by atomic mass is 35.5. The SMILES string of the molecule is CC(C)(C)NCC(=O)c1cc(Cl)c(-n2c(N)c3c(cc2=O)C(=O)NC3=O)c(Cl)c1. The molecule has 0 saturated heterocycles. The molecular formula is C19H18Cl2N4O4. The van der Waals surface area contributed by atoms with Gasteiger partial charge in [0.1, 0.15) is 5.82 Å². The molecule has 1 aliphatic heterocycles. The van der Waals surface area contributed by atoms with Gasteiger partial charge in [-0.25, -0.2) is 0 Å². The van der Waals surface area contributed by atoms with Gasteiger partial charge in [-0.15, -0.1) is 0 Å². The van der Waals surface area contributed by atoms with Crippen LogP contribution < -0.4 is 21.9 Å². The summed E-state index contributed by atoms with van der Waals surface area (Å²) >= 11 is 12.6. The minimum atomic E-state index is -0.719. The van der Waals surface area contributed by atoms with Crippen molar-refractivity contribution in [3.63, 3.8) is 0 Å². The molecule has 2 heterocycles. The molecule has 29 heavy (non-hydrogen) atoms. The molecule has 4 N–H and O–H groups in total. The molecule has 0 spiro atoms. The van der Waals surface area contributed by atoms with Crippen LogP contribution >= 0.6 is 23.2 Å². The average Bonchev–Trinajstić information content (AvgIpc) is 2.87. The van der Waals surface area contributed by atoms with Gasteiger partial charge < -0.3 is 11.1 Å². The number of benzene rings is 1. The molecule has 152 valence electrons. The van der Waals surface area contributed by atoms with Crippen LogP contribution in [0.4, 0.5) is 5.82 Å². The summed E-state index contributed by atoms with van der Waals surface area (Å²) in [6, 6.07) is 3.74. The summed E-state index contributed by atoms with van der Waals surface area (Å²) in [5.41, 5.74) is 5.09. The van der Waals surface area contributed by atoms with Gasteiger partial charge in [0.25, 0.3) is 17.4 Å². The Hall–Kier alpha value is -2.68. The number of fused-ring (bicyclic) bond motifs is 1. The van der Waals surface area contributed by atoms with E-state index in [2.05, 4.69) is 10.6 Å². The molecule has 0 unspecified atom stereocenters. The first-order chi connectivity index (χ1) is 13.4. The second-order valence-electron chi connectivity index (χ2n) is 7.59. The molecule has 0 radical (unpaired) electrons. The first kappa shape index (κ1) is 21.0. The van der Waals surface area contributed by atoms with Crippen LogP contribution in [0.3, 0.4) is 0 Å². The number of halogens is 2. The highest BCUT2D eigenvalue weighted by molar-refractivity contribution is 6.38. The predicted molar refractivity (Wildman–Crippen MR) is 110 cm³/mol. The summed E-state index contributed by atoms with van der Waals surface area (Å²) in [6.45, 7) is 5.84. The predicted octanol–water partition coefficient (Wildman–Crippen LogP) is 2.18. The fraction of sp³-hybridized carbons (Fsp3) is 0.263. The summed E-state index contributed by atoms with van der Waals surface area (Å²) in [5, 5.41) is 5.15. The number of hydrogen-bond acceptors (Lipinski definition) is 6. The van der Waals surface area contributed by atoms with Crippen molar-refractivity contribution in [2.75, 3.05) is 12.3 Å². The zero-order valence-electron chi connectivity index (χ0n) is 15.9. The normalized spacial score (nSPS) is 13.4. The average molecular weight is 437 g/mol. The van der Waals surface area contributed by atoms with Crippen molar-refractivity contribution in [1.29, 1.82) is 0 Å². The Morgan fingerprint density at radius 3 is 2.24 bits per heavy atom. The van der Waals surface area contributed by atoms with Crippen LogP contribution in [0.5, 0.6) is 0 Å². The van der Waals surface area contributed by atoms with E-state index in [9.17, 15) is 19.2 Å². The zero-order valence-corrected chi connectivity index (χ0v) is 17.4. The van der Waals surface area contributed by atoms with Gasteiger partial charge in [0.05, 0.1) is 33.4 Å². The van der Waals surface area contributed by atoms with Gasteiger partial charge in [-0.1, -0.05) is 23.2 Å². The van der Waals surface area contributed by atoms with Crippen LogP contribution in [0.2, 0.25) is 10.0 Å². The standard InChI is InChI=1S/C19H18Cl2N4O4/c1-19(2,3)23-7-12(26)8-4-10(20)15(11(21)5-8)25-13(27)6-9-14(16(25)22)18(29)24-17(9)28/h4-6,23H,7,22H2,1-3H3,(H,24,28,29). The molecule has 2 amide bonds. The number of carbonyl (C=O) groups excluding carboxylic acids is 3. The Morgan fingerprint density at radius 1 is 1.10 bits per heavy atom. The number of hydrogen-bond donors (Lipinski definition) is 3. The summed E-state index contributed by atoms with van der Waals surface area (Å²) in [6.07, 6.45) is 0. The lowest BCUT2D eigenvalue weighted by atomic mass is 10.1. The van der Waals surface area contributed by atoms with Gasteiger partial charge in [0, 0.05) is 17.2 Å². The topological polar surface area (TPSA) is 123 Å². The number of amides is 2. The first-order valence-corrected chi connectivity index (χ1v) is 9.35. The summed E-state index contributed by atoms with van der Waals surface area (Å²) in [4.78, 5) is 48.8. The summed E-state index contributed by atoms with van der Waals surface area (Å²) in [7, 11) is 0. The van der Waals surface area contributed by atoms with E-state index < -0.39 is 17.4 Å². The van der Waals surface area contributed by atoms with E-state index >= 15 is 0 Å². The Kier molecular flexibility index (Phi) is 5.29. The third-order valence-electron chi connectivity index (χ3n) is 4.30. The quantitative estimate of drug-likeness (QED) is 0.498. The van der Waals surface area contributed by atoms with E-state index in [4.69, 9.17) is 28.9 Å². The minimum absolute atomic E-state index is 0.00455. The van der Waals surface area contributed by atoms with Crippen LogP contribution in [-0.2, 0) is 0 Å². The molecule has 0 aliphatic carbocycles. The maximum atomic E-state index is 12.6. The van der Waals surface area contributed by atoms with E-state index in [0.29, 0.717) is 0 Å². The number of ketones is 1. The fourth-order valence-electron chi connectivity index (χ4n) is 2.90. The van der Waals surface area contributed by atoms with Crippen molar-refractivity contribution in [1.82, 2.24) is 15.2 Å². The molecule has 0 saturated carbocycles. The van der Waals surface area contributed by atoms with E-state index in [1.807, 2.05) is 20.8 Å². The van der Waals surface area contributed by atoms with Crippen LogP contribution in [0.1, 0.15) is 51.8 Å². The van der Waals surface area contributed by atoms with Crippen LogP contribution in [0.25, 0.3) is 5.69 Å². The molecule has 0 fully saturated rings. The number of pyridine rings is 1. The molecule has 1 aromatic carbocycles. The summed E-state index contributed by atoms with van der Waals surface area (Å²) < 4.78 is 0.948. The second kappa shape index (κ2) is 7.29. The van der Waals surface area contributed by atoms with Crippen molar-refractivity contribution in [3.05, 3.63) is 55.3 Å². The van der Waals surface area contributed by atoms with Gasteiger partial charge in [-0.05, 0) is 32.9 Å². The lowest BCUT2D eigenvalue weighted by Crippen LogP contribution is -2.39. The summed E-state index contributed by atoms with van der Waals surface area (Å²) in [5.74, 6) is -1.93. The zero-order chi connectivity index (χ0) is 21.7. The van der Waals surface area contributed by atoms with Crippen molar-refractivity contribution in [2.45, 2.75) is 26.3 Å². The van der Waals surface area contributed by atoms with Crippen LogP contribution in [0, 0.1) is 0 Å². The molecule has 0 bridgehead atoms. The number of nitrogens with zero attached hydrogens (tertiary/aromatic N) is 1. The van der Waals surface area contributed by atoms with Crippen molar-refractivity contribution < 1.29 is 14.4 Å². The maximum Gasteiger partial charge on any atom is 0.262 e. The largest absolute Gasteiger partial charge is 0.384 e. The molecule has 3 rings (SSSR count). The number of carbonyl (C=O) groups is 3. The Balaban J connectivity index is 2.09. The van der Waals surface area contributed by atoms with Crippen LogP contribution in [-0.4, -0.2) is 34.2 Å². The lowest BCUT2D eigenvalue weighted by Gasteiger charge is -2.20. The number of nitrogens with two attached hydrogens (primary N) is 1. The molecule has 2 aromatic rings. The molecule has 0 atom stereocenters.